The molecule has 1 aromatic rings. The molecule has 0 bridgehead atoms. The minimum atomic E-state index is -0.506. The molecule has 8 heteroatoms. The molecule has 2 unspecified atom stereocenters. The topological polar surface area (TPSA) is 83.8 Å². The lowest BCUT2D eigenvalue weighted by molar-refractivity contribution is 0.0491. The summed E-state index contributed by atoms with van der Waals surface area (Å²) in [6.45, 7) is 12.3. The van der Waals surface area contributed by atoms with Crippen LogP contribution in [0.4, 0.5) is 4.79 Å². The van der Waals surface area contributed by atoms with Crippen molar-refractivity contribution in [3.8, 4) is 0 Å². The molecule has 0 radical (unpaired) electrons. The van der Waals surface area contributed by atoms with Gasteiger partial charge in [0.2, 0.25) is 0 Å². The Morgan fingerprint density at radius 3 is 2.69 bits per heavy atom. The van der Waals surface area contributed by atoms with E-state index in [4.69, 9.17) is 4.74 Å². The number of guanidine groups is 1. The van der Waals surface area contributed by atoms with Gasteiger partial charge < -0.3 is 20.3 Å². The summed E-state index contributed by atoms with van der Waals surface area (Å²) in [5.41, 5.74) is 0.775. The molecule has 2 heterocycles. The molecule has 1 aliphatic rings. The van der Waals surface area contributed by atoms with E-state index in [-0.39, 0.29) is 18.1 Å². The summed E-state index contributed by atoms with van der Waals surface area (Å²) < 4.78 is 7.25. The van der Waals surface area contributed by atoms with Gasteiger partial charge in [-0.3, -0.25) is 9.67 Å². The molecule has 164 valence electrons. The normalized spacial score (nSPS) is 18.8. The van der Waals surface area contributed by atoms with Crippen molar-refractivity contribution >= 4 is 12.1 Å². The summed E-state index contributed by atoms with van der Waals surface area (Å²) >= 11 is 0. The predicted octanol–water partition coefficient (Wildman–Crippen LogP) is 2.41. The van der Waals surface area contributed by atoms with Gasteiger partial charge in [0.05, 0.1) is 12.2 Å². The number of carbonyl (C=O) groups excluding carboxylic acids is 1. The number of ether oxygens (including phenoxy) is 1. The fourth-order valence-corrected chi connectivity index (χ4v) is 3.55. The third-order valence-electron chi connectivity index (χ3n) is 5.07. The molecular weight excluding hydrogens is 368 g/mol. The standard InChI is InChI=1S/C21H38N6O2/c1-15(2)18(25-20(28)29-21(3,4)5)12-23-19(22-6)27-9-8-16(14-27)10-17-11-24-26(7)13-17/h11,13,15-16,18H,8-10,12,14H2,1-7H3,(H,22,23)(H,25,28). The fraction of sp³-hybridized carbons (Fsp3) is 0.762. The fourth-order valence-electron chi connectivity index (χ4n) is 3.55. The number of carbonyl (C=O) groups is 1. The molecule has 2 atom stereocenters. The van der Waals surface area contributed by atoms with E-state index in [0.29, 0.717) is 12.5 Å². The quantitative estimate of drug-likeness (QED) is 0.560. The number of aryl methyl sites for hydroxylation is 1. The Bertz CT molecular complexity index is 692. The van der Waals surface area contributed by atoms with Crippen LogP contribution in [-0.2, 0) is 18.2 Å². The largest absolute Gasteiger partial charge is 0.444 e. The monoisotopic (exact) mass is 406 g/mol. The lowest BCUT2D eigenvalue weighted by Crippen LogP contribution is -2.50. The molecular formula is C21H38N6O2. The molecule has 0 aliphatic carbocycles. The predicted molar refractivity (Wildman–Crippen MR) is 116 cm³/mol. The zero-order chi connectivity index (χ0) is 21.6. The number of alkyl carbamates (subject to hydrolysis) is 1. The van der Waals surface area contributed by atoms with Crippen molar-refractivity contribution in [2.24, 2.45) is 23.9 Å². The maximum absolute atomic E-state index is 12.2. The first kappa shape index (κ1) is 23.0. The van der Waals surface area contributed by atoms with Gasteiger partial charge in [-0.25, -0.2) is 4.79 Å². The van der Waals surface area contributed by atoms with Crippen LogP contribution in [0.1, 0.15) is 46.6 Å². The Hall–Kier alpha value is -2.25. The zero-order valence-electron chi connectivity index (χ0n) is 19.0. The number of hydrogen-bond donors (Lipinski definition) is 2. The number of nitrogens with one attached hydrogen (secondary N) is 2. The Kier molecular flexibility index (Phi) is 7.93. The lowest BCUT2D eigenvalue weighted by Gasteiger charge is -2.28. The zero-order valence-corrected chi connectivity index (χ0v) is 19.0. The molecule has 0 saturated carbocycles. The molecule has 1 saturated heterocycles. The minimum absolute atomic E-state index is 0.0459. The second kappa shape index (κ2) is 9.98. The summed E-state index contributed by atoms with van der Waals surface area (Å²) in [4.78, 5) is 18.9. The molecule has 2 rings (SSSR count). The number of amides is 1. The van der Waals surface area contributed by atoms with Gasteiger partial charge >= 0.3 is 6.09 Å². The summed E-state index contributed by atoms with van der Waals surface area (Å²) in [6, 6.07) is -0.0459. The second-order valence-corrected chi connectivity index (χ2v) is 9.25. The van der Waals surface area contributed by atoms with E-state index in [2.05, 4.69) is 45.7 Å². The molecule has 8 nitrogen and oxygen atoms in total. The molecule has 1 fully saturated rings. The Morgan fingerprint density at radius 2 is 2.14 bits per heavy atom. The maximum atomic E-state index is 12.2. The van der Waals surface area contributed by atoms with Crippen molar-refractivity contribution in [2.75, 3.05) is 26.7 Å². The summed E-state index contributed by atoms with van der Waals surface area (Å²) in [7, 11) is 3.76. The van der Waals surface area contributed by atoms with Crippen LogP contribution in [0.2, 0.25) is 0 Å². The third kappa shape index (κ3) is 7.59. The highest BCUT2D eigenvalue weighted by Crippen LogP contribution is 2.20. The molecule has 1 amide bonds. The third-order valence-corrected chi connectivity index (χ3v) is 5.07. The van der Waals surface area contributed by atoms with Crippen LogP contribution in [0.3, 0.4) is 0 Å². The van der Waals surface area contributed by atoms with Crippen molar-refractivity contribution in [3.05, 3.63) is 18.0 Å². The van der Waals surface area contributed by atoms with Crippen molar-refractivity contribution < 1.29 is 9.53 Å². The van der Waals surface area contributed by atoms with E-state index in [9.17, 15) is 4.79 Å². The van der Waals surface area contributed by atoms with Crippen LogP contribution >= 0.6 is 0 Å². The number of aliphatic imine (C=N–C) groups is 1. The Labute approximate surface area is 175 Å². The smallest absolute Gasteiger partial charge is 0.407 e. The number of aromatic nitrogens is 2. The maximum Gasteiger partial charge on any atom is 0.407 e. The Balaban J connectivity index is 1.85. The summed E-state index contributed by atoms with van der Waals surface area (Å²) in [5.74, 6) is 1.75. The highest BCUT2D eigenvalue weighted by Gasteiger charge is 2.27. The second-order valence-electron chi connectivity index (χ2n) is 9.25. The minimum Gasteiger partial charge on any atom is -0.444 e. The van der Waals surface area contributed by atoms with E-state index >= 15 is 0 Å². The molecule has 29 heavy (non-hydrogen) atoms. The molecule has 2 N–H and O–H groups in total. The van der Waals surface area contributed by atoms with Gasteiger partial charge in [0, 0.05) is 39.9 Å². The SMILES string of the molecule is CN=C(NCC(NC(=O)OC(C)(C)C)C(C)C)N1CCC(Cc2cnn(C)c2)C1. The van der Waals surface area contributed by atoms with Gasteiger partial charge in [-0.1, -0.05) is 13.8 Å². The van der Waals surface area contributed by atoms with Crippen molar-refractivity contribution in [1.29, 1.82) is 0 Å². The first-order valence-corrected chi connectivity index (χ1v) is 10.5. The average Bonchev–Trinajstić information content (AvgIpc) is 3.22. The van der Waals surface area contributed by atoms with Crippen molar-refractivity contribution in [3.63, 3.8) is 0 Å². The van der Waals surface area contributed by atoms with Gasteiger partial charge in [-0.2, -0.15) is 5.10 Å². The van der Waals surface area contributed by atoms with Crippen LogP contribution in [0.15, 0.2) is 17.4 Å². The highest BCUT2D eigenvalue weighted by molar-refractivity contribution is 5.80. The van der Waals surface area contributed by atoms with Crippen LogP contribution < -0.4 is 10.6 Å². The van der Waals surface area contributed by atoms with E-state index in [1.807, 2.05) is 45.7 Å². The molecule has 1 aliphatic heterocycles. The van der Waals surface area contributed by atoms with Gasteiger partial charge in [0.15, 0.2) is 5.96 Å². The summed E-state index contributed by atoms with van der Waals surface area (Å²) in [6.07, 6.45) is 5.83. The number of hydrogen-bond acceptors (Lipinski definition) is 4. The van der Waals surface area contributed by atoms with E-state index in [1.54, 1.807) is 0 Å². The van der Waals surface area contributed by atoms with Crippen LogP contribution in [0.5, 0.6) is 0 Å². The van der Waals surface area contributed by atoms with Crippen LogP contribution in [0, 0.1) is 11.8 Å². The summed E-state index contributed by atoms with van der Waals surface area (Å²) in [5, 5.41) is 10.7. The van der Waals surface area contributed by atoms with Crippen molar-refractivity contribution in [1.82, 2.24) is 25.3 Å². The van der Waals surface area contributed by atoms with Gasteiger partial charge in [0.25, 0.3) is 0 Å². The van der Waals surface area contributed by atoms with E-state index in [1.165, 1.54) is 5.56 Å². The van der Waals surface area contributed by atoms with Crippen molar-refractivity contribution in [2.45, 2.75) is 59.1 Å². The lowest BCUT2D eigenvalue weighted by atomic mass is 10.0. The van der Waals surface area contributed by atoms with Gasteiger partial charge in [0.1, 0.15) is 5.60 Å². The van der Waals surface area contributed by atoms with Crippen LogP contribution in [0.25, 0.3) is 0 Å². The molecule has 1 aromatic heterocycles. The average molecular weight is 407 g/mol. The van der Waals surface area contributed by atoms with Gasteiger partial charge in [-0.15, -0.1) is 0 Å². The Morgan fingerprint density at radius 1 is 1.41 bits per heavy atom. The van der Waals surface area contributed by atoms with E-state index in [0.717, 1.165) is 31.9 Å². The first-order chi connectivity index (χ1) is 13.6. The first-order valence-electron chi connectivity index (χ1n) is 10.5. The number of likely N-dealkylation sites (tertiary alicyclic amines) is 1. The molecule has 0 spiro atoms. The highest BCUT2D eigenvalue weighted by atomic mass is 16.6. The number of nitrogens with zero attached hydrogens (tertiary/aromatic N) is 4. The van der Waals surface area contributed by atoms with Gasteiger partial charge in [-0.05, 0) is 51.0 Å². The molecule has 0 aromatic carbocycles. The number of rotatable bonds is 6. The van der Waals surface area contributed by atoms with Crippen LogP contribution in [-0.4, -0.2) is 65.1 Å². The van der Waals surface area contributed by atoms with E-state index < -0.39 is 5.60 Å².